The van der Waals surface area contributed by atoms with Crippen molar-refractivity contribution in [3.63, 3.8) is 0 Å². The molecular formula is C13H19N. The zero-order valence-corrected chi connectivity index (χ0v) is 6.80. The number of nitrogens with zero attached hydrogens (tertiary/aromatic N) is 1. The summed E-state index contributed by atoms with van der Waals surface area (Å²) in [7, 11) is 0. The highest BCUT2D eigenvalue weighted by atomic mass is 14.6. The van der Waals surface area contributed by atoms with E-state index in [9.17, 15) is 0 Å². The smallest absolute Gasteiger partial charge is 0.0267 e. The third-order valence-electron chi connectivity index (χ3n) is 1.23. The maximum atomic E-state index is 3.78. The summed E-state index contributed by atoms with van der Waals surface area (Å²) in [5.41, 5.74) is 0. The molecule has 0 unspecified atom stereocenters. The minimum atomic E-state index is 0. The minimum Gasteiger partial charge on any atom is -0.265 e. The highest BCUT2D eigenvalue weighted by Gasteiger charge is 1.58. The SMILES string of the molecule is C.C.c1ccccc1.c1ccncc1. The van der Waals surface area contributed by atoms with Crippen molar-refractivity contribution < 1.29 is 0 Å². The van der Waals surface area contributed by atoms with Gasteiger partial charge in [-0.2, -0.15) is 0 Å². The van der Waals surface area contributed by atoms with Crippen LogP contribution in [0.4, 0.5) is 0 Å². The van der Waals surface area contributed by atoms with Gasteiger partial charge in [-0.05, 0) is 12.1 Å². The van der Waals surface area contributed by atoms with Crippen molar-refractivity contribution in [2.24, 2.45) is 0 Å². The molecule has 0 atom stereocenters. The Balaban J connectivity index is 0. The molecule has 0 spiro atoms. The first-order valence-corrected chi connectivity index (χ1v) is 3.85. The number of aromatic nitrogens is 1. The number of pyridine rings is 1. The molecule has 0 amide bonds. The maximum Gasteiger partial charge on any atom is 0.0267 e. The first-order chi connectivity index (χ1) is 6.00. The van der Waals surface area contributed by atoms with Crippen molar-refractivity contribution in [1.82, 2.24) is 4.98 Å². The summed E-state index contributed by atoms with van der Waals surface area (Å²) < 4.78 is 0. The molecule has 1 nitrogen and oxygen atoms in total. The van der Waals surface area contributed by atoms with E-state index in [0.29, 0.717) is 0 Å². The van der Waals surface area contributed by atoms with Gasteiger partial charge in [0, 0.05) is 12.4 Å². The van der Waals surface area contributed by atoms with Crippen LogP contribution in [0.2, 0.25) is 0 Å². The van der Waals surface area contributed by atoms with Crippen molar-refractivity contribution in [1.29, 1.82) is 0 Å². The van der Waals surface area contributed by atoms with Gasteiger partial charge in [-0.1, -0.05) is 57.3 Å². The lowest BCUT2D eigenvalue weighted by molar-refractivity contribution is 1.33. The third kappa shape index (κ3) is 8.47. The van der Waals surface area contributed by atoms with E-state index in [1.165, 1.54) is 0 Å². The van der Waals surface area contributed by atoms with Crippen LogP contribution in [0.5, 0.6) is 0 Å². The Hall–Kier alpha value is -1.63. The van der Waals surface area contributed by atoms with E-state index < -0.39 is 0 Å². The average molecular weight is 189 g/mol. The van der Waals surface area contributed by atoms with Crippen LogP contribution in [0.1, 0.15) is 14.9 Å². The molecular weight excluding hydrogens is 170 g/mol. The summed E-state index contributed by atoms with van der Waals surface area (Å²) in [5, 5.41) is 0. The van der Waals surface area contributed by atoms with Gasteiger partial charge in [-0.25, -0.2) is 0 Å². The first kappa shape index (κ1) is 14.9. The van der Waals surface area contributed by atoms with Crippen molar-refractivity contribution in [3.8, 4) is 0 Å². The van der Waals surface area contributed by atoms with E-state index >= 15 is 0 Å². The number of hydrogen-bond acceptors (Lipinski definition) is 1. The van der Waals surface area contributed by atoms with E-state index in [2.05, 4.69) is 4.98 Å². The van der Waals surface area contributed by atoms with Crippen molar-refractivity contribution in [2.75, 3.05) is 0 Å². The fourth-order valence-corrected chi connectivity index (χ4v) is 0.698. The van der Waals surface area contributed by atoms with Crippen LogP contribution in [0.15, 0.2) is 67.0 Å². The predicted molar refractivity (Wildman–Crippen MR) is 64.1 cm³/mol. The molecule has 1 aromatic heterocycles. The van der Waals surface area contributed by atoms with Gasteiger partial charge in [-0.15, -0.1) is 0 Å². The molecule has 2 aromatic rings. The normalized spacial score (nSPS) is 6.86. The van der Waals surface area contributed by atoms with E-state index in [0.717, 1.165) is 0 Å². The molecule has 1 heteroatoms. The summed E-state index contributed by atoms with van der Waals surface area (Å²) in [5.74, 6) is 0. The molecule has 0 saturated heterocycles. The average Bonchev–Trinajstić information content (AvgIpc) is 2.24. The maximum absolute atomic E-state index is 3.78. The molecule has 0 bridgehead atoms. The second-order valence-electron chi connectivity index (χ2n) is 2.18. The fourth-order valence-electron chi connectivity index (χ4n) is 0.698. The summed E-state index contributed by atoms with van der Waals surface area (Å²) in [6.07, 6.45) is 3.50. The largest absolute Gasteiger partial charge is 0.265 e. The van der Waals surface area contributed by atoms with Gasteiger partial charge >= 0.3 is 0 Å². The Bertz CT molecular complexity index is 181. The van der Waals surface area contributed by atoms with Crippen LogP contribution in [0.25, 0.3) is 0 Å². The summed E-state index contributed by atoms with van der Waals surface area (Å²) in [6.45, 7) is 0. The summed E-state index contributed by atoms with van der Waals surface area (Å²) >= 11 is 0. The van der Waals surface area contributed by atoms with Gasteiger partial charge in [0.2, 0.25) is 0 Å². The fraction of sp³-hybridized carbons (Fsp3) is 0.154. The van der Waals surface area contributed by atoms with Gasteiger partial charge in [-0.3, -0.25) is 4.98 Å². The van der Waals surface area contributed by atoms with Gasteiger partial charge < -0.3 is 0 Å². The third-order valence-corrected chi connectivity index (χ3v) is 1.23. The van der Waals surface area contributed by atoms with Crippen molar-refractivity contribution in [2.45, 2.75) is 14.9 Å². The molecule has 2 rings (SSSR count). The van der Waals surface area contributed by atoms with Gasteiger partial charge in [0.05, 0.1) is 0 Å². The second kappa shape index (κ2) is 11.4. The van der Waals surface area contributed by atoms with Crippen LogP contribution in [-0.4, -0.2) is 4.98 Å². The predicted octanol–water partition coefficient (Wildman–Crippen LogP) is 4.04. The van der Waals surface area contributed by atoms with Gasteiger partial charge in [0.25, 0.3) is 0 Å². The molecule has 0 fully saturated rings. The van der Waals surface area contributed by atoms with E-state index in [1.54, 1.807) is 12.4 Å². The molecule has 0 N–H and O–H groups in total. The highest BCUT2D eigenvalue weighted by molar-refractivity contribution is 4.99. The first-order valence-electron chi connectivity index (χ1n) is 3.85. The zero-order valence-electron chi connectivity index (χ0n) is 6.80. The van der Waals surface area contributed by atoms with E-state index in [1.807, 2.05) is 54.6 Å². The monoisotopic (exact) mass is 189 g/mol. The Morgan fingerprint density at radius 2 is 0.714 bits per heavy atom. The van der Waals surface area contributed by atoms with Crippen molar-refractivity contribution >= 4 is 0 Å². The summed E-state index contributed by atoms with van der Waals surface area (Å²) in [4.78, 5) is 3.78. The zero-order chi connectivity index (χ0) is 8.49. The van der Waals surface area contributed by atoms with Crippen LogP contribution < -0.4 is 0 Å². The molecule has 0 saturated carbocycles. The second-order valence-corrected chi connectivity index (χ2v) is 2.18. The van der Waals surface area contributed by atoms with Crippen LogP contribution >= 0.6 is 0 Å². The molecule has 1 aromatic carbocycles. The molecule has 14 heavy (non-hydrogen) atoms. The Morgan fingerprint density at radius 3 is 0.857 bits per heavy atom. The molecule has 0 radical (unpaired) electrons. The number of hydrogen-bond donors (Lipinski definition) is 0. The lowest BCUT2D eigenvalue weighted by Gasteiger charge is -1.70. The minimum absolute atomic E-state index is 0. The van der Waals surface area contributed by atoms with Gasteiger partial charge in [0.1, 0.15) is 0 Å². The Kier molecular flexibility index (Phi) is 12.1. The standard InChI is InChI=1S/C6H6.C5H5N.2CH4/c2*1-2-4-6-5-3-1;;/h1-6H;1-5H;2*1H4. The van der Waals surface area contributed by atoms with E-state index in [-0.39, 0.29) is 14.9 Å². The summed E-state index contributed by atoms with van der Waals surface area (Å²) in [6, 6.07) is 17.7. The van der Waals surface area contributed by atoms with Gasteiger partial charge in [0.15, 0.2) is 0 Å². The lowest BCUT2D eigenvalue weighted by Crippen LogP contribution is -1.58. The molecule has 0 aliphatic heterocycles. The Labute approximate surface area is 87.5 Å². The lowest BCUT2D eigenvalue weighted by atomic mass is 10.4. The molecule has 1 heterocycles. The van der Waals surface area contributed by atoms with Crippen LogP contribution in [0.3, 0.4) is 0 Å². The molecule has 76 valence electrons. The highest BCUT2D eigenvalue weighted by Crippen LogP contribution is 1.79. The van der Waals surface area contributed by atoms with Crippen LogP contribution in [0, 0.1) is 0 Å². The van der Waals surface area contributed by atoms with Crippen molar-refractivity contribution in [3.05, 3.63) is 67.0 Å². The van der Waals surface area contributed by atoms with Crippen LogP contribution in [-0.2, 0) is 0 Å². The number of benzene rings is 1. The topological polar surface area (TPSA) is 12.9 Å². The quantitative estimate of drug-likeness (QED) is 0.609. The van der Waals surface area contributed by atoms with E-state index in [4.69, 9.17) is 0 Å². The Morgan fingerprint density at radius 1 is 0.429 bits per heavy atom. The molecule has 0 aliphatic rings. The number of rotatable bonds is 0. The molecule has 0 aliphatic carbocycles.